The fourth-order valence-corrected chi connectivity index (χ4v) is 2.96. The number of carbonyl (C=O) groups is 2. The van der Waals surface area contributed by atoms with Crippen LogP contribution in [0.5, 0.6) is 0 Å². The number of carbonyl (C=O) groups excluding carboxylic acids is 2. The van der Waals surface area contributed by atoms with Crippen LogP contribution in [0.4, 0.5) is 11.4 Å². The molecule has 0 aliphatic rings. The molecule has 0 aromatic heterocycles. The Bertz CT molecular complexity index is 985. The third-order valence-corrected chi connectivity index (χ3v) is 5.27. The van der Waals surface area contributed by atoms with Gasteiger partial charge in [0.25, 0.3) is 11.8 Å². The maximum atomic E-state index is 12.5. The van der Waals surface area contributed by atoms with Crippen LogP contribution in [0.2, 0.25) is 20.1 Å². The highest BCUT2D eigenvalue weighted by molar-refractivity contribution is 6.42. The van der Waals surface area contributed by atoms with Crippen LogP contribution in [0.1, 0.15) is 20.7 Å². The summed E-state index contributed by atoms with van der Waals surface area (Å²) in [6, 6.07) is 15.9. The highest BCUT2D eigenvalue weighted by Gasteiger charge is 2.14. The van der Waals surface area contributed by atoms with Crippen LogP contribution < -0.4 is 10.6 Å². The number of halogens is 4. The number of anilines is 2. The summed E-state index contributed by atoms with van der Waals surface area (Å²) in [5.74, 6) is -0.787. The van der Waals surface area contributed by atoms with Crippen LogP contribution in [0.3, 0.4) is 0 Å². The molecule has 0 atom stereocenters. The first kappa shape index (κ1) is 20.5. The van der Waals surface area contributed by atoms with Crippen LogP contribution in [0.25, 0.3) is 0 Å². The molecule has 0 bridgehead atoms. The molecule has 3 rings (SSSR count). The zero-order chi connectivity index (χ0) is 20.3. The molecule has 0 unspecified atom stereocenters. The van der Waals surface area contributed by atoms with E-state index in [-0.39, 0.29) is 10.0 Å². The number of hydrogen-bond acceptors (Lipinski definition) is 2. The van der Waals surface area contributed by atoms with Crippen LogP contribution in [-0.4, -0.2) is 11.8 Å². The Kier molecular flexibility index (Phi) is 6.47. The molecule has 0 fully saturated rings. The van der Waals surface area contributed by atoms with Crippen molar-refractivity contribution < 1.29 is 9.59 Å². The number of para-hydroxylation sites is 2. The van der Waals surface area contributed by atoms with Gasteiger partial charge in [-0.15, -0.1) is 0 Å². The van der Waals surface area contributed by atoms with E-state index in [1.165, 1.54) is 24.3 Å². The summed E-state index contributed by atoms with van der Waals surface area (Å²) in [7, 11) is 0. The summed E-state index contributed by atoms with van der Waals surface area (Å²) in [5, 5.41) is 6.75. The average molecular weight is 454 g/mol. The van der Waals surface area contributed by atoms with Gasteiger partial charge in [-0.2, -0.15) is 0 Å². The Morgan fingerprint density at radius 1 is 0.571 bits per heavy atom. The zero-order valence-corrected chi connectivity index (χ0v) is 17.1. The minimum Gasteiger partial charge on any atom is -0.320 e. The largest absolute Gasteiger partial charge is 0.320 e. The third-order valence-electron chi connectivity index (χ3n) is 3.79. The lowest BCUT2D eigenvalue weighted by molar-refractivity contribution is 0.101. The highest BCUT2D eigenvalue weighted by Crippen LogP contribution is 2.27. The molecule has 0 spiro atoms. The molecule has 0 saturated heterocycles. The van der Waals surface area contributed by atoms with Crippen LogP contribution >= 0.6 is 46.4 Å². The van der Waals surface area contributed by atoms with Gasteiger partial charge in [0, 0.05) is 11.1 Å². The first-order chi connectivity index (χ1) is 13.3. The summed E-state index contributed by atoms with van der Waals surface area (Å²) in [6.07, 6.45) is 0. The van der Waals surface area contributed by atoms with Crippen molar-refractivity contribution >= 4 is 69.6 Å². The molecule has 3 aromatic rings. The van der Waals surface area contributed by atoms with Gasteiger partial charge < -0.3 is 10.6 Å². The van der Waals surface area contributed by atoms with Gasteiger partial charge in [-0.1, -0.05) is 58.5 Å². The molecule has 3 aromatic carbocycles. The normalized spacial score (nSPS) is 10.4. The molecule has 2 N–H and O–H groups in total. The summed E-state index contributed by atoms with van der Waals surface area (Å²) in [5.41, 5.74) is 1.51. The van der Waals surface area contributed by atoms with Crippen molar-refractivity contribution in [3.8, 4) is 0 Å². The second-order valence-electron chi connectivity index (χ2n) is 5.71. The van der Waals surface area contributed by atoms with E-state index in [9.17, 15) is 9.59 Å². The standard InChI is InChI=1S/C20H12Cl4N2O2/c21-13-7-5-11(9-15(13)23)19(27)25-17-3-1-2-4-18(17)26-20(28)12-6-8-14(22)16(24)10-12/h1-10H,(H,25,27)(H,26,28). The molecular weight excluding hydrogens is 442 g/mol. The van der Waals surface area contributed by atoms with E-state index in [4.69, 9.17) is 46.4 Å². The molecular formula is C20H12Cl4N2O2. The summed E-state index contributed by atoms with van der Waals surface area (Å²) < 4.78 is 0. The molecule has 2 amide bonds. The van der Waals surface area contributed by atoms with Gasteiger partial charge in [-0.3, -0.25) is 9.59 Å². The predicted octanol–water partition coefficient (Wildman–Crippen LogP) is 6.80. The van der Waals surface area contributed by atoms with Crippen LogP contribution in [-0.2, 0) is 0 Å². The first-order valence-electron chi connectivity index (χ1n) is 7.97. The fourth-order valence-electron chi connectivity index (χ4n) is 2.36. The van der Waals surface area contributed by atoms with E-state index >= 15 is 0 Å². The Morgan fingerprint density at radius 2 is 0.964 bits per heavy atom. The molecule has 0 aliphatic heterocycles. The minimum absolute atomic E-state index is 0.274. The molecule has 0 heterocycles. The van der Waals surface area contributed by atoms with E-state index in [2.05, 4.69) is 10.6 Å². The Balaban J connectivity index is 1.80. The van der Waals surface area contributed by atoms with Crippen molar-refractivity contribution in [1.29, 1.82) is 0 Å². The molecule has 142 valence electrons. The van der Waals surface area contributed by atoms with Gasteiger partial charge in [0.05, 0.1) is 31.5 Å². The second kappa shape index (κ2) is 8.84. The van der Waals surface area contributed by atoms with Gasteiger partial charge >= 0.3 is 0 Å². The van der Waals surface area contributed by atoms with Gasteiger partial charge in [-0.25, -0.2) is 0 Å². The number of amides is 2. The summed E-state index contributed by atoms with van der Waals surface area (Å²) in [4.78, 5) is 25.0. The van der Waals surface area contributed by atoms with Crippen LogP contribution in [0.15, 0.2) is 60.7 Å². The smallest absolute Gasteiger partial charge is 0.255 e. The number of hydrogen-bond donors (Lipinski definition) is 2. The van der Waals surface area contributed by atoms with Gasteiger partial charge in [0.15, 0.2) is 0 Å². The van der Waals surface area contributed by atoms with E-state index in [1.807, 2.05) is 0 Å². The number of benzene rings is 3. The minimum atomic E-state index is -0.394. The zero-order valence-electron chi connectivity index (χ0n) is 14.1. The Labute approximate surface area is 181 Å². The van der Waals surface area contributed by atoms with Crippen molar-refractivity contribution in [2.24, 2.45) is 0 Å². The predicted molar refractivity (Wildman–Crippen MR) is 115 cm³/mol. The Hall–Kier alpha value is -2.24. The first-order valence-corrected chi connectivity index (χ1v) is 9.48. The fraction of sp³-hybridized carbons (Fsp3) is 0. The second-order valence-corrected chi connectivity index (χ2v) is 7.34. The van der Waals surface area contributed by atoms with E-state index in [0.29, 0.717) is 32.5 Å². The highest BCUT2D eigenvalue weighted by atomic mass is 35.5. The van der Waals surface area contributed by atoms with Gasteiger partial charge in [0.2, 0.25) is 0 Å². The third kappa shape index (κ3) is 4.78. The van der Waals surface area contributed by atoms with Crippen molar-refractivity contribution in [1.82, 2.24) is 0 Å². The van der Waals surface area contributed by atoms with Crippen molar-refractivity contribution in [3.63, 3.8) is 0 Å². The quantitative estimate of drug-likeness (QED) is 0.456. The van der Waals surface area contributed by atoms with E-state index in [0.717, 1.165) is 0 Å². The van der Waals surface area contributed by atoms with Crippen molar-refractivity contribution in [3.05, 3.63) is 91.9 Å². The maximum Gasteiger partial charge on any atom is 0.255 e. The topological polar surface area (TPSA) is 58.2 Å². The van der Waals surface area contributed by atoms with Gasteiger partial charge in [0.1, 0.15) is 0 Å². The molecule has 0 radical (unpaired) electrons. The lowest BCUT2D eigenvalue weighted by Crippen LogP contribution is -2.16. The van der Waals surface area contributed by atoms with E-state index < -0.39 is 11.8 Å². The van der Waals surface area contributed by atoms with Gasteiger partial charge in [-0.05, 0) is 48.5 Å². The maximum absolute atomic E-state index is 12.5. The monoisotopic (exact) mass is 452 g/mol. The molecule has 0 aliphatic carbocycles. The average Bonchev–Trinajstić information content (AvgIpc) is 2.67. The molecule has 0 saturated carbocycles. The van der Waals surface area contributed by atoms with Crippen molar-refractivity contribution in [2.75, 3.05) is 10.6 Å². The molecule has 4 nitrogen and oxygen atoms in total. The van der Waals surface area contributed by atoms with E-state index in [1.54, 1.807) is 36.4 Å². The van der Waals surface area contributed by atoms with Crippen molar-refractivity contribution in [2.45, 2.75) is 0 Å². The Morgan fingerprint density at radius 3 is 1.32 bits per heavy atom. The molecule has 8 heteroatoms. The SMILES string of the molecule is O=C(Nc1ccccc1NC(=O)c1ccc(Cl)c(Cl)c1)c1ccc(Cl)c(Cl)c1. The lowest BCUT2D eigenvalue weighted by Gasteiger charge is -2.13. The number of rotatable bonds is 4. The lowest BCUT2D eigenvalue weighted by atomic mass is 10.1. The van der Waals surface area contributed by atoms with Crippen LogP contribution in [0, 0.1) is 0 Å². The number of nitrogens with one attached hydrogen (secondary N) is 2. The summed E-state index contributed by atoms with van der Waals surface area (Å²) >= 11 is 23.7. The summed E-state index contributed by atoms with van der Waals surface area (Å²) in [6.45, 7) is 0. The molecule has 28 heavy (non-hydrogen) atoms.